The number of hydrogen-bond acceptors (Lipinski definition) is 4. The lowest BCUT2D eigenvalue weighted by atomic mass is 9.43. The van der Waals surface area contributed by atoms with E-state index in [0.29, 0.717) is 0 Å². The molecule has 0 saturated carbocycles. The molecule has 61 heavy (non-hydrogen) atoms. The molecule has 294 valence electrons. The van der Waals surface area contributed by atoms with E-state index in [1.165, 1.54) is 113 Å². The van der Waals surface area contributed by atoms with E-state index in [0.717, 1.165) is 0 Å². The molecule has 10 aromatic rings. The first-order valence-corrected chi connectivity index (χ1v) is 23.1. The Bertz CT molecular complexity index is 3400. The lowest BCUT2D eigenvalue weighted by molar-refractivity contribution is 0.590. The third-order valence-electron chi connectivity index (χ3n) is 13.2. The zero-order valence-corrected chi connectivity index (χ0v) is 37.0. The average Bonchev–Trinajstić information content (AvgIpc) is 3.84. The monoisotopic (exact) mass is 820 g/mol. The molecule has 0 amide bonds. The summed E-state index contributed by atoms with van der Waals surface area (Å²) in [5.41, 5.74) is 16.6. The number of hydrogen-bond donors (Lipinski definition) is 0. The maximum Gasteiger partial charge on any atom is 0.333 e. The van der Waals surface area contributed by atoms with Crippen molar-refractivity contribution < 1.29 is 0 Å². The van der Waals surface area contributed by atoms with E-state index in [4.69, 9.17) is 0 Å². The van der Waals surface area contributed by atoms with Crippen LogP contribution in [0.1, 0.15) is 52.7 Å². The van der Waals surface area contributed by atoms with Gasteiger partial charge in [-0.05, 0) is 93.0 Å². The molecular weight excluding hydrogens is 776 g/mol. The summed E-state index contributed by atoms with van der Waals surface area (Å²) in [7, 11) is 0. The Morgan fingerprint density at radius 2 is 1.13 bits per heavy atom. The van der Waals surface area contributed by atoms with Crippen LogP contribution in [0.15, 0.2) is 164 Å². The van der Waals surface area contributed by atoms with Gasteiger partial charge < -0.3 is 9.71 Å². The van der Waals surface area contributed by atoms with Crippen molar-refractivity contribution in [2.45, 2.75) is 52.4 Å². The van der Waals surface area contributed by atoms with Crippen molar-refractivity contribution in [3.63, 3.8) is 0 Å². The van der Waals surface area contributed by atoms with Crippen molar-refractivity contribution in [2.24, 2.45) is 0 Å². The molecule has 0 unspecified atom stereocenters. The van der Waals surface area contributed by atoms with Crippen LogP contribution in [0.5, 0.6) is 0 Å². The van der Waals surface area contributed by atoms with Gasteiger partial charge in [0, 0.05) is 74.1 Å². The second-order valence-corrected chi connectivity index (χ2v) is 21.0. The zero-order chi connectivity index (χ0) is 41.4. The molecule has 2 nitrogen and oxygen atoms in total. The van der Waals surface area contributed by atoms with Crippen LogP contribution in [-0.4, -0.2) is 6.85 Å². The van der Waals surface area contributed by atoms with Crippen molar-refractivity contribution in [1.82, 2.24) is 0 Å². The number of nitrogens with zero attached hydrogens (tertiary/aromatic N) is 2. The smallest absolute Gasteiger partial charge is 0.333 e. The fraction of sp³-hybridized carbons (Fsp3) is 0.143. The first-order chi connectivity index (χ1) is 29.5. The van der Waals surface area contributed by atoms with Gasteiger partial charge in [0.25, 0.3) is 0 Å². The molecule has 0 bridgehead atoms. The van der Waals surface area contributed by atoms with Crippen molar-refractivity contribution in [1.29, 1.82) is 0 Å². The third kappa shape index (κ3) is 5.46. The summed E-state index contributed by atoms with van der Waals surface area (Å²) in [6.45, 7) is 13.8. The largest absolute Gasteiger partial charge is 0.376 e. The lowest BCUT2D eigenvalue weighted by Crippen LogP contribution is -2.61. The molecule has 0 spiro atoms. The molecule has 0 N–H and O–H groups in total. The topological polar surface area (TPSA) is 6.48 Å². The highest BCUT2D eigenvalue weighted by molar-refractivity contribution is 7.27. The van der Waals surface area contributed by atoms with Crippen molar-refractivity contribution >= 4 is 109 Å². The first kappa shape index (κ1) is 36.7. The minimum absolute atomic E-state index is 0.0236. The molecule has 2 aromatic heterocycles. The molecule has 0 radical (unpaired) electrons. The number of thiophene rings is 2. The maximum atomic E-state index is 2.68. The predicted molar refractivity (Wildman–Crippen MR) is 269 cm³/mol. The van der Waals surface area contributed by atoms with Gasteiger partial charge in [-0.1, -0.05) is 151 Å². The molecule has 2 aliphatic heterocycles. The summed E-state index contributed by atoms with van der Waals surface area (Å²) in [5.74, 6) is 0. The number of anilines is 5. The highest BCUT2D eigenvalue weighted by Gasteiger charge is 2.47. The van der Waals surface area contributed by atoms with Crippen LogP contribution in [0.2, 0.25) is 0 Å². The van der Waals surface area contributed by atoms with Gasteiger partial charge in [-0.2, -0.15) is 0 Å². The van der Waals surface area contributed by atoms with Gasteiger partial charge in [-0.25, -0.2) is 0 Å². The summed E-state index contributed by atoms with van der Waals surface area (Å²) >= 11 is 3.84. The Morgan fingerprint density at radius 1 is 0.475 bits per heavy atom. The van der Waals surface area contributed by atoms with E-state index in [1.807, 2.05) is 22.7 Å². The van der Waals surface area contributed by atoms with E-state index in [2.05, 4.69) is 215 Å². The first-order valence-electron chi connectivity index (χ1n) is 21.5. The van der Waals surface area contributed by atoms with E-state index >= 15 is 0 Å². The number of rotatable bonds is 3. The van der Waals surface area contributed by atoms with Gasteiger partial charge in [0.1, 0.15) is 0 Å². The Hall–Kier alpha value is -6.14. The Balaban J connectivity index is 1.28. The highest BCUT2D eigenvalue weighted by Crippen LogP contribution is 2.55. The Morgan fingerprint density at radius 3 is 1.89 bits per heavy atom. The fourth-order valence-electron chi connectivity index (χ4n) is 10.1. The molecule has 0 fully saturated rings. The highest BCUT2D eigenvalue weighted by atomic mass is 32.1. The van der Waals surface area contributed by atoms with Crippen molar-refractivity contribution in [2.75, 3.05) is 9.71 Å². The minimum Gasteiger partial charge on any atom is -0.376 e. The molecule has 8 aromatic carbocycles. The number of fused-ring (bicyclic) bond motifs is 12. The molecule has 12 rings (SSSR count). The van der Waals surface area contributed by atoms with E-state index in [9.17, 15) is 0 Å². The second-order valence-electron chi connectivity index (χ2n) is 18.9. The predicted octanol–water partition coefficient (Wildman–Crippen LogP) is 15.4. The average molecular weight is 821 g/mol. The summed E-state index contributed by atoms with van der Waals surface area (Å²) < 4.78 is 5.30. The van der Waals surface area contributed by atoms with Gasteiger partial charge >= 0.3 is 6.85 Å². The minimum atomic E-state index is -0.0849. The number of para-hydroxylation sites is 1. The molecule has 0 saturated heterocycles. The molecule has 4 heterocycles. The summed E-state index contributed by atoms with van der Waals surface area (Å²) in [6, 6.07) is 62.3. The van der Waals surface area contributed by atoms with Crippen LogP contribution in [-0.2, 0) is 10.8 Å². The van der Waals surface area contributed by atoms with E-state index in [1.54, 1.807) is 0 Å². The normalized spacial score (nSPS) is 13.6. The van der Waals surface area contributed by atoms with Gasteiger partial charge in [0.05, 0.1) is 11.4 Å². The lowest BCUT2D eigenvalue weighted by Gasteiger charge is -2.46. The molecule has 0 aliphatic carbocycles. The van der Waals surface area contributed by atoms with Crippen LogP contribution in [0, 0.1) is 0 Å². The maximum absolute atomic E-state index is 2.68. The Labute approximate surface area is 366 Å². The fourth-order valence-corrected chi connectivity index (χ4v) is 12.5. The van der Waals surface area contributed by atoms with Crippen LogP contribution in [0.4, 0.5) is 28.4 Å². The van der Waals surface area contributed by atoms with Crippen LogP contribution >= 0.6 is 22.7 Å². The third-order valence-corrected chi connectivity index (χ3v) is 15.5. The van der Waals surface area contributed by atoms with Gasteiger partial charge in [0.15, 0.2) is 0 Å². The van der Waals surface area contributed by atoms with E-state index in [-0.39, 0.29) is 17.7 Å². The van der Waals surface area contributed by atoms with Crippen molar-refractivity contribution in [3.8, 4) is 22.3 Å². The standard InChI is InChI=1S/C56H45BN2S2/c1-55(2,3)35-24-27-37(28-25-35)59-45-21-13-10-19-39(45)51-52-46(33-42-38-18-11-14-22-47(38)61-54(42)51)58(44-30-26-36(56(4,5)6)32-41(44)34-16-8-7-9-17-34)53-43(57(52)59)29-31-49-50(53)40-20-12-15-23-48(40)60-49/h7-33H,1-6H3. The zero-order valence-electron chi connectivity index (χ0n) is 35.4. The van der Waals surface area contributed by atoms with Gasteiger partial charge in [-0.3, -0.25) is 0 Å². The van der Waals surface area contributed by atoms with Gasteiger partial charge in [0.2, 0.25) is 0 Å². The second kappa shape index (κ2) is 13.2. The SMILES string of the molecule is CC(C)(C)c1ccc(N2B3c4ccc5sc6ccccc6c5c4N(c4ccc(C(C)(C)C)cc4-c4ccccc4)c4cc5c(sc6ccccc65)c(c43)-c3ccccc32)cc1. The molecular formula is C56H45BN2S2. The summed E-state index contributed by atoms with van der Waals surface area (Å²) in [5, 5.41) is 5.25. The summed E-state index contributed by atoms with van der Waals surface area (Å²) in [4.78, 5) is 5.34. The summed E-state index contributed by atoms with van der Waals surface area (Å²) in [6.07, 6.45) is 0. The Kier molecular flexibility index (Phi) is 7.93. The van der Waals surface area contributed by atoms with Crippen LogP contribution in [0.25, 0.3) is 62.6 Å². The van der Waals surface area contributed by atoms with Gasteiger partial charge in [-0.15, -0.1) is 22.7 Å². The quantitative estimate of drug-likeness (QED) is 0.164. The van der Waals surface area contributed by atoms with Crippen LogP contribution in [0.3, 0.4) is 0 Å². The number of benzene rings is 8. The molecule has 2 aliphatic rings. The van der Waals surface area contributed by atoms with Crippen molar-refractivity contribution in [3.05, 3.63) is 175 Å². The molecule has 0 atom stereocenters. The van der Waals surface area contributed by atoms with E-state index < -0.39 is 0 Å². The molecule has 5 heteroatoms. The van der Waals surface area contributed by atoms with Crippen LogP contribution < -0.4 is 20.6 Å².